The summed E-state index contributed by atoms with van der Waals surface area (Å²) < 4.78 is 49.5. The van der Waals surface area contributed by atoms with E-state index in [-0.39, 0.29) is 0 Å². The fraction of sp³-hybridized carbons (Fsp3) is 0.875. The van der Waals surface area contributed by atoms with Crippen LogP contribution >= 0.6 is 0 Å². The number of hydrogen-bond donors (Lipinski definition) is 20. The van der Waals surface area contributed by atoms with E-state index >= 15 is 0 Å². The summed E-state index contributed by atoms with van der Waals surface area (Å²) in [6, 6.07) is -3.16. The highest BCUT2D eigenvalue weighted by Gasteiger charge is 2.62. The Morgan fingerprint density at radius 2 is 0.973 bits per heavy atom. The molecule has 0 spiro atoms. The van der Waals surface area contributed by atoms with Gasteiger partial charge in [-0.05, 0) is 0 Å². The first-order chi connectivity index (χ1) is 34.5. The maximum absolute atomic E-state index is 13.2. The van der Waals surface area contributed by atoms with Gasteiger partial charge < -0.3 is 145 Å². The third-order valence-electron chi connectivity index (χ3n) is 13.0. The third kappa shape index (κ3) is 13.0. The highest BCUT2D eigenvalue weighted by molar-refractivity contribution is 5.77. The van der Waals surface area contributed by atoms with Gasteiger partial charge in [0.15, 0.2) is 12.6 Å². The van der Waals surface area contributed by atoms with E-state index in [1.165, 1.54) is 0 Å². The number of aliphatic hydroxyl groups excluding tert-OH is 15. The van der Waals surface area contributed by atoms with Crippen LogP contribution in [-0.2, 0) is 66.6 Å². The lowest BCUT2D eigenvalue weighted by atomic mass is 9.89. The number of amides is 2. The van der Waals surface area contributed by atoms with Crippen molar-refractivity contribution in [3.05, 3.63) is 0 Å². The molecule has 5 aliphatic rings. The monoisotopic (exact) mass is 1080 g/mol. The van der Waals surface area contributed by atoms with Crippen LogP contribution in [0.1, 0.15) is 33.1 Å². The minimum Gasteiger partial charge on any atom is -0.477 e. The van der Waals surface area contributed by atoms with Gasteiger partial charge in [-0.15, -0.1) is 0 Å². The van der Waals surface area contributed by atoms with E-state index in [0.29, 0.717) is 0 Å². The summed E-state index contributed by atoms with van der Waals surface area (Å²) in [6.07, 6.45) is -45.5. The molecule has 5 fully saturated rings. The highest BCUT2D eigenvalue weighted by Crippen LogP contribution is 2.41. The molecule has 0 aromatic heterocycles. The molecule has 25 atom stereocenters. The van der Waals surface area contributed by atoms with Crippen molar-refractivity contribution in [2.75, 3.05) is 33.0 Å². The number of rotatable bonds is 21. The van der Waals surface area contributed by atoms with E-state index < -0.39 is 234 Å². The van der Waals surface area contributed by atoms with Crippen molar-refractivity contribution >= 4 is 29.7 Å². The zero-order valence-corrected chi connectivity index (χ0v) is 39.1. The summed E-state index contributed by atoms with van der Waals surface area (Å²) in [5, 5.41) is 195. The fourth-order valence-electron chi connectivity index (χ4n) is 8.97. The molecule has 34 heteroatoms. The molecule has 5 aliphatic heterocycles. The Bertz CT molecular complexity index is 1940. The van der Waals surface area contributed by atoms with E-state index in [0.717, 1.165) is 13.8 Å². The van der Waals surface area contributed by atoms with E-state index in [4.69, 9.17) is 42.6 Å². The Balaban J connectivity index is 1.39. The van der Waals surface area contributed by atoms with Gasteiger partial charge in [-0.2, -0.15) is 0 Å². The van der Waals surface area contributed by atoms with Crippen molar-refractivity contribution in [1.29, 1.82) is 0 Å². The summed E-state index contributed by atoms with van der Waals surface area (Å²) >= 11 is 0. The number of nitrogens with one attached hydrogen (secondary N) is 2. The van der Waals surface area contributed by atoms with Crippen molar-refractivity contribution < 1.29 is 159 Å². The predicted molar refractivity (Wildman–Crippen MR) is 223 cm³/mol. The van der Waals surface area contributed by atoms with Crippen molar-refractivity contribution in [1.82, 2.24) is 10.6 Å². The normalized spacial score (nSPS) is 44.1. The highest BCUT2D eigenvalue weighted by atomic mass is 16.8. The first kappa shape index (κ1) is 61.2. The van der Waals surface area contributed by atoms with Crippen molar-refractivity contribution in [2.24, 2.45) is 0 Å². The van der Waals surface area contributed by atoms with E-state index in [9.17, 15) is 116 Å². The summed E-state index contributed by atoms with van der Waals surface area (Å²) in [4.78, 5) is 62.4. The molecule has 2 amide bonds. The van der Waals surface area contributed by atoms with Crippen LogP contribution in [0.4, 0.5) is 0 Å². The van der Waals surface area contributed by atoms with E-state index in [1.807, 2.05) is 0 Å². The molecular formula is C40H64N2O32. The predicted octanol–water partition coefficient (Wildman–Crippen LogP) is -12.1. The molecular weight excluding hydrogens is 1020 g/mol. The zero-order chi connectivity index (χ0) is 55.5. The first-order valence-corrected chi connectivity index (χ1v) is 22.7. The van der Waals surface area contributed by atoms with Crippen LogP contribution < -0.4 is 10.6 Å². The van der Waals surface area contributed by atoms with Crippen LogP contribution in [0.3, 0.4) is 0 Å². The van der Waals surface area contributed by atoms with Crippen molar-refractivity contribution in [2.45, 2.75) is 185 Å². The molecule has 20 N–H and O–H groups in total. The van der Waals surface area contributed by atoms with Crippen molar-refractivity contribution in [3.63, 3.8) is 0 Å². The maximum Gasteiger partial charge on any atom is 0.364 e. The van der Waals surface area contributed by atoms with Gasteiger partial charge in [-0.25, -0.2) is 14.4 Å². The molecule has 74 heavy (non-hydrogen) atoms. The van der Waals surface area contributed by atoms with Crippen LogP contribution in [-0.4, -0.2) is 307 Å². The quantitative estimate of drug-likeness (QED) is 0.0507. The average Bonchev–Trinajstić information content (AvgIpc) is 3.33. The molecule has 0 aliphatic carbocycles. The van der Waals surface area contributed by atoms with E-state index in [2.05, 4.69) is 10.6 Å². The fourth-order valence-corrected chi connectivity index (χ4v) is 8.97. The van der Waals surface area contributed by atoms with Gasteiger partial charge in [-0.1, -0.05) is 0 Å². The Morgan fingerprint density at radius 3 is 1.47 bits per heavy atom. The standard InChI is InChI=1S/C40H64N2O32/c1-11(45)41-21-28(57)25(54)19(69-33(21)59)9-66-34-22(42-12(2)46)29(58)26(55)20(70-34)10-68-39(36(62)63)5-18(27(56)31(73-39)16(50)7-44)71-40(37(64)65)4-14(48)24(53)32(74-40)17(51)8-67-38(35(60)61)3-13(47)23(52)30(72-38)15(49)6-43/h13-34,43-44,47-59H,3-10H2,1-2H3,(H,41,45)(H,42,46)(H,60,61)(H,62,63)(H,64,65)/t13-,14-,15-,16-,17-,18-,19-,20-,21-,22-,23-,24-,25-,26-,27-,28-,29-,30-,31-,32-,33+,34-,38-,39-,40-/m1/s1. The van der Waals surface area contributed by atoms with E-state index in [1.54, 1.807) is 0 Å². The lowest BCUT2D eigenvalue weighted by Crippen LogP contribution is -2.69. The smallest absolute Gasteiger partial charge is 0.364 e. The number of carboxylic acid groups (broad SMARTS) is 3. The zero-order valence-electron chi connectivity index (χ0n) is 39.1. The second-order valence-corrected chi connectivity index (χ2v) is 18.3. The van der Waals surface area contributed by atoms with Crippen LogP contribution in [0, 0.1) is 0 Å². The topological polar surface area (TPSA) is 557 Å². The number of hydrogen-bond acceptors (Lipinski definition) is 29. The summed E-state index contributed by atoms with van der Waals surface area (Å²) in [5.41, 5.74) is 0. The largest absolute Gasteiger partial charge is 0.477 e. The van der Waals surface area contributed by atoms with Crippen molar-refractivity contribution in [3.8, 4) is 0 Å². The molecule has 426 valence electrons. The Kier molecular flexibility index (Phi) is 20.5. The molecule has 0 bridgehead atoms. The minimum absolute atomic E-state index is 0.706. The molecule has 0 aromatic carbocycles. The number of aliphatic hydroxyl groups is 15. The van der Waals surface area contributed by atoms with Crippen LogP contribution in [0.2, 0.25) is 0 Å². The van der Waals surface area contributed by atoms with Gasteiger partial charge >= 0.3 is 17.9 Å². The lowest BCUT2D eigenvalue weighted by molar-refractivity contribution is -0.380. The number of ether oxygens (including phenoxy) is 9. The maximum atomic E-state index is 13.2. The molecule has 0 aromatic rings. The summed E-state index contributed by atoms with van der Waals surface area (Å²) in [6.45, 7) is -3.70. The lowest BCUT2D eigenvalue weighted by Gasteiger charge is -2.50. The average molecular weight is 1080 g/mol. The second-order valence-electron chi connectivity index (χ2n) is 18.3. The van der Waals surface area contributed by atoms with Gasteiger partial charge in [0, 0.05) is 33.1 Å². The molecule has 34 nitrogen and oxygen atoms in total. The second kappa shape index (κ2) is 24.8. The van der Waals surface area contributed by atoms with Gasteiger partial charge in [0.25, 0.3) is 17.4 Å². The Morgan fingerprint density at radius 1 is 0.541 bits per heavy atom. The molecule has 0 radical (unpaired) electrons. The Labute approximate surface area is 416 Å². The SMILES string of the molecule is CC(=O)N[C@@H]1[C@@H](O)[C@H](O)[C@@H](CO[C@@H]2O[C@H](CO[C@]3(C(=O)O)C[C@@H](O[C@]4(C(=O)O)C[C@@H](O)[C@@H](O)[C@@H]([C@H](O)CO[C@]5(C(=O)O)C[C@@H](O)[C@@H](O)[C@@H]([C@H](O)CO)O5)O4)[C@@H](O)[C@@H]([C@H](O)CO)O3)[C@@H](O)[C@H](O)[C@H]2NC(C)=O)O[C@@H]1O. The van der Waals surface area contributed by atoms with Gasteiger partial charge in [-0.3, -0.25) is 9.59 Å². The van der Waals surface area contributed by atoms with Crippen LogP contribution in [0.5, 0.6) is 0 Å². The first-order valence-electron chi connectivity index (χ1n) is 22.7. The molecule has 0 saturated carbocycles. The van der Waals surface area contributed by atoms with Gasteiger partial charge in [0.05, 0.1) is 51.3 Å². The van der Waals surface area contributed by atoms with Gasteiger partial charge in [0.1, 0.15) is 104 Å². The molecule has 5 heterocycles. The molecule has 5 saturated heterocycles. The van der Waals surface area contributed by atoms with Crippen LogP contribution in [0.25, 0.3) is 0 Å². The number of carbonyl (C=O) groups excluding carboxylic acids is 2. The summed E-state index contributed by atoms with van der Waals surface area (Å²) in [5.74, 6) is -17.5. The van der Waals surface area contributed by atoms with Gasteiger partial charge in [0.2, 0.25) is 11.8 Å². The Hall–Kier alpha value is -3.61. The summed E-state index contributed by atoms with van der Waals surface area (Å²) in [7, 11) is 0. The number of carbonyl (C=O) groups is 5. The molecule has 0 unspecified atom stereocenters. The third-order valence-corrected chi connectivity index (χ3v) is 13.0. The number of aliphatic carboxylic acids is 3. The number of carboxylic acids is 3. The molecule has 5 rings (SSSR count). The minimum atomic E-state index is -3.36. The van der Waals surface area contributed by atoms with Crippen LogP contribution in [0.15, 0.2) is 0 Å².